The fraction of sp³-hybridized carbons (Fsp3) is 0.412. The first kappa shape index (κ1) is 14.5. The number of fused-ring (bicyclic) bond motifs is 1. The van der Waals surface area contributed by atoms with Crippen LogP contribution in [0.1, 0.15) is 31.2 Å². The minimum atomic E-state index is 0.0836. The molecule has 3 rings (SSSR count). The van der Waals surface area contributed by atoms with Crippen LogP contribution in [-0.4, -0.2) is 12.1 Å². The van der Waals surface area contributed by atoms with E-state index < -0.39 is 0 Å². The van der Waals surface area contributed by atoms with Crippen molar-refractivity contribution in [1.29, 1.82) is 0 Å². The summed E-state index contributed by atoms with van der Waals surface area (Å²) in [7, 11) is 0. The number of amides is 1. The number of hydrazone groups is 1. The zero-order valence-corrected chi connectivity index (χ0v) is 13.4. The summed E-state index contributed by atoms with van der Waals surface area (Å²) >= 11 is 3.39. The maximum Gasteiger partial charge on any atom is 0.243 e. The second kappa shape index (κ2) is 6.56. The van der Waals surface area contributed by atoms with Crippen molar-refractivity contribution in [2.45, 2.75) is 25.7 Å². The van der Waals surface area contributed by atoms with Crippen LogP contribution < -0.4 is 5.43 Å². The number of nitrogens with one attached hydrogen (secondary N) is 1. The molecule has 1 aromatic rings. The quantitative estimate of drug-likeness (QED) is 0.503. The molecular formula is C17H19BrN2O. The lowest BCUT2D eigenvalue weighted by Gasteiger charge is -1.99. The Morgan fingerprint density at radius 2 is 1.76 bits per heavy atom. The van der Waals surface area contributed by atoms with Gasteiger partial charge in [-0.15, -0.1) is 0 Å². The Balaban J connectivity index is 1.52. The molecule has 1 amide bonds. The summed E-state index contributed by atoms with van der Waals surface area (Å²) in [4.78, 5) is 12.2. The molecule has 0 saturated heterocycles. The molecule has 1 N–H and O–H groups in total. The van der Waals surface area contributed by atoms with Gasteiger partial charge in [-0.05, 0) is 55.2 Å². The summed E-state index contributed by atoms with van der Waals surface area (Å²) in [6.07, 6.45) is 10.7. The van der Waals surface area contributed by atoms with E-state index in [0.29, 0.717) is 11.8 Å². The average Bonchev–Trinajstić information content (AvgIpc) is 3.12. The van der Waals surface area contributed by atoms with Crippen molar-refractivity contribution in [2.24, 2.45) is 22.9 Å². The van der Waals surface area contributed by atoms with Crippen molar-refractivity contribution in [2.75, 3.05) is 0 Å². The molecule has 2 aliphatic rings. The molecule has 0 aliphatic heterocycles. The molecule has 0 unspecified atom stereocenters. The molecule has 0 spiro atoms. The van der Waals surface area contributed by atoms with Crippen molar-refractivity contribution in [3.63, 3.8) is 0 Å². The van der Waals surface area contributed by atoms with E-state index >= 15 is 0 Å². The van der Waals surface area contributed by atoms with Crippen LogP contribution in [0.3, 0.4) is 0 Å². The van der Waals surface area contributed by atoms with Crippen LogP contribution in [0.5, 0.6) is 0 Å². The molecule has 21 heavy (non-hydrogen) atoms. The lowest BCUT2D eigenvalue weighted by atomic mass is 10.1. The first-order valence-corrected chi connectivity index (χ1v) is 8.28. The molecule has 1 fully saturated rings. The number of allylic oxidation sites excluding steroid dienone is 2. The monoisotopic (exact) mass is 346 g/mol. The van der Waals surface area contributed by atoms with Gasteiger partial charge in [-0.2, -0.15) is 5.10 Å². The Hall–Kier alpha value is -1.42. The summed E-state index contributed by atoms with van der Waals surface area (Å²) in [6, 6.07) is 7.82. The van der Waals surface area contributed by atoms with Gasteiger partial charge < -0.3 is 0 Å². The molecule has 4 heteroatoms. The van der Waals surface area contributed by atoms with Crippen LogP contribution in [0.2, 0.25) is 0 Å². The van der Waals surface area contributed by atoms with Crippen LogP contribution in [0.25, 0.3) is 0 Å². The summed E-state index contributed by atoms with van der Waals surface area (Å²) in [5.74, 6) is 1.39. The van der Waals surface area contributed by atoms with Crippen molar-refractivity contribution in [3.05, 3.63) is 46.5 Å². The first-order valence-electron chi connectivity index (χ1n) is 7.49. The maximum absolute atomic E-state index is 12.2. The van der Waals surface area contributed by atoms with Crippen molar-refractivity contribution >= 4 is 28.1 Å². The van der Waals surface area contributed by atoms with Crippen LogP contribution >= 0.6 is 15.9 Å². The lowest BCUT2D eigenvalue weighted by molar-refractivity contribution is -0.122. The van der Waals surface area contributed by atoms with E-state index in [-0.39, 0.29) is 11.8 Å². The van der Waals surface area contributed by atoms with Crippen molar-refractivity contribution < 1.29 is 4.79 Å². The van der Waals surface area contributed by atoms with Crippen LogP contribution in [-0.2, 0) is 4.79 Å². The predicted molar refractivity (Wildman–Crippen MR) is 88.0 cm³/mol. The molecule has 0 radical (unpaired) electrons. The van der Waals surface area contributed by atoms with E-state index in [1.165, 1.54) is 0 Å². The summed E-state index contributed by atoms with van der Waals surface area (Å²) in [5, 5.41) is 4.08. The number of hydrogen-bond acceptors (Lipinski definition) is 2. The van der Waals surface area contributed by atoms with Gasteiger partial charge in [0.15, 0.2) is 0 Å². The number of carbonyl (C=O) groups is 1. The molecule has 1 saturated carbocycles. The maximum atomic E-state index is 12.2. The van der Waals surface area contributed by atoms with E-state index in [9.17, 15) is 4.79 Å². The van der Waals surface area contributed by atoms with E-state index in [1.807, 2.05) is 24.3 Å². The van der Waals surface area contributed by atoms with Crippen molar-refractivity contribution in [3.8, 4) is 0 Å². The highest BCUT2D eigenvalue weighted by Crippen LogP contribution is 2.52. The third-order valence-electron chi connectivity index (χ3n) is 4.39. The fourth-order valence-corrected chi connectivity index (χ4v) is 3.49. The Labute approximate surface area is 133 Å². The Morgan fingerprint density at radius 1 is 1.14 bits per heavy atom. The molecule has 0 heterocycles. The largest absolute Gasteiger partial charge is 0.273 e. The molecule has 1 aromatic carbocycles. The smallest absolute Gasteiger partial charge is 0.243 e. The number of rotatable bonds is 3. The molecule has 110 valence electrons. The highest BCUT2D eigenvalue weighted by molar-refractivity contribution is 9.10. The highest BCUT2D eigenvalue weighted by atomic mass is 79.9. The van der Waals surface area contributed by atoms with Gasteiger partial charge in [-0.25, -0.2) is 5.43 Å². The van der Waals surface area contributed by atoms with Crippen LogP contribution in [0.4, 0.5) is 0 Å². The lowest BCUT2D eigenvalue weighted by Crippen LogP contribution is -2.21. The topological polar surface area (TPSA) is 41.5 Å². The molecule has 2 aliphatic carbocycles. The number of halogens is 1. The van der Waals surface area contributed by atoms with Gasteiger partial charge in [-0.3, -0.25) is 4.79 Å². The highest BCUT2D eigenvalue weighted by Gasteiger charge is 2.53. The molecule has 3 nitrogen and oxygen atoms in total. The number of carbonyl (C=O) groups excluding carboxylic acids is 1. The molecular weight excluding hydrogens is 328 g/mol. The van der Waals surface area contributed by atoms with Gasteiger partial charge in [-0.1, -0.05) is 40.2 Å². The van der Waals surface area contributed by atoms with Crippen molar-refractivity contribution in [1.82, 2.24) is 5.43 Å². The summed E-state index contributed by atoms with van der Waals surface area (Å²) < 4.78 is 1.03. The minimum absolute atomic E-state index is 0.0836. The van der Waals surface area contributed by atoms with E-state index in [1.54, 1.807) is 6.21 Å². The first-order chi connectivity index (χ1) is 10.3. The Bertz CT molecular complexity index is 549. The Morgan fingerprint density at radius 3 is 2.38 bits per heavy atom. The van der Waals surface area contributed by atoms with Gasteiger partial charge in [0.1, 0.15) is 0 Å². The second-order valence-corrected chi connectivity index (χ2v) is 6.68. The zero-order valence-electron chi connectivity index (χ0n) is 11.8. The van der Waals surface area contributed by atoms with E-state index in [4.69, 9.17) is 0 Å². The second-order valence-electron chi connectivity index (χ2n) is 5.77. The predicted octanol–water partition coefficient (Wildman–Crippen LogP) is 3.89. The van der Waals surface area contributed by atoms with Crippen LogP contribution in [0.15, 0.2) is 46.0 Å². The zero-order chi connectivity index (χ0) is 14.7. The van der Waals surface area contributed by atoms with Crippen LogP contribution in [0, 0.1) is 17.8 Å². The molecule has 2 atom stereocenters. The number of nitrogens with zero attached hydrogens (tertiary/aromatic N) is 1. The van der Waals surface area contributed by atoms with E-state index in [0.717, 1.165) is 35.7 Å². The number of benzene rings is 1. The third-order valence-corrected chi connectivity index (χ3v) is 4.92. The fourth-order valence-electron chi connectivity index (χ4n) is 3.23. The SMILES string of the molecule is O=C(N/N=C\c1ccc(Br)cc1)C1[C@H]2CC/C=C\CC[C@H]12. The summed E-state index contributed by atoms with van der Waals surface area (Å²) in [5.41, 5.74) is 3.68. The number of hydrogen-bond donors (Lipinski definition) is 1. The minimum Gasteiger partial charge on any atom is -0.273 e. The molecule has 0 aromatic heterocycles. The van der Waals surface area contributed by atoms with Gasteiger partial charge in [0, 0.05) is 10.4 Å². The van der Waals surface area contributed by atoms with Gasteiger partial charge in [0.05, 0.1) is 6.21 Å². The summed E-state index contributed by atoms with van der Waals surface area (Å²) in [6.45, 7) is 0. The molecule has 0 bridgehead atoms. The van der Waals surface area contributed by atoms with E-state index in [2.05, 4.69) is 38.6 Å². The van der Waals surface area contributed by atoms with Gasteiger partial charge in [0.25, 0.3) is 0 Å². The third kappa shape index (κ3) is 3.62. The van der Waals surface area contributed by atoms with Gasteiger partial charge >= 0.3 is 0 Å². The van der Waals surface area contributed by atoms with Gasteiger partial charge in [0.2, 0.25) is 5.91 Å². The average molecular weight is 347 g/mol. The Kier molecular flexibility index (Phi) is 4.54. The normalized spacial score (nSPS) is 29.3. The standard InChI is InChI=1S/C17H19BrN2O/c18-13-9-7-12(8-10-13)11-19-20-17(21)16-14-5-3-1-2-4-6-15(14)16/h1-2,7-11,14-16H,3-6H2,(H,20,21)/b2-1-,19-11-/t14-,15-/m0/s1.